The fourth-order valence-electron chi connectivity index (χ4n) is 1.70. The summed E-state index contributed by atoms with van der Waals surface area (Å²) >= 11 is 0. The molecule has 0 saturated heterocycles. The lowest BCUT2D eigenvalue weighted by molar-refractivity contribution is -0.166. The molecule has 0 bridgehead atoms. The van der Waals surface area contributed by atoms with E-state index in [0.717, 1.165) is 0 Å². The number of halogens is 3. The Morgan fingerprint density at radius 3 is 2.76 bits per heavy atom. The number of aliphatic hydroxyl groups excluding tert-OH is 1. The molecule has 0 aromatic heterocycles. The molecular weight excluding hydrogens is 233 g/mol. The Hall–Kier alpha value is -1.43. The second-order valence-electron chi connectivity index (χ2n) is 3.76. The molecule has 2 unspecified atom stereocenters. The van der Waals surface area contributed by atoms with Crippen molar-refractivity contribution in [3.05, 3.63) is 36.8 Å². The summed E-state index contributed by atoms with van der Waals surface area (Å²) in [5, 5.41) is 11.9. The van der Waals surface area contributed by atoms with Crippen molar-refractivity contribution in [2.45, 2.75) is 18.3 Å². The third-order valence-corrected chi connectivity index (χ3v) is 2.48. The first-order valence-electron chi connectivity index (χ1n) is 5.08. The number of allylic oxidation sites excluding steroid dienone is 2. The van der Waals surface area contributed by atoms with E-state index in [1.165, 1.54) is 36.4 Å². The van der Waals surface area contributed by atoms with E-state index in [0.29, 0.717) is 0 Å². The number of alkyl halides is 3. The smallest absolute Gasteiger partial charge is 0.406 e. The number of rotatable bonds is 4. The molecule has 1 heterocycles. The predicted molar refractivity (Wildman–Crippen MR) is 59.4 cm³/mol. The highest BCUT2D eigenvalue weighted by Crippen LogP contribution is 2.28. The van der Waals surface area contributed by atoms with Crippen molar-refractivity contribution in [2.75, 3.05) is 13.6 Å². The van der Waals surface area contributed by atoms with E-state index >= 15 is 0 Å². The number of hydrogen-bond donors (Lipinski definition) is 2. The van der Waals surface area contributed by atoms with Crippen molar-refractivity contribution >= 4 is 0 Å². The average molecular weight is 248 g/mol. The highest BCUT2D eigenvalue weighted by molar-refractivity contribution is 5.21. The van der Waals surface area contributed by atoms with Crippen molar-refractivity contribution in [1.29, 1.82) is 0 Å². The molecule has 0 spiro atoms. The zero-order valence-corrected chi connectivity index (χ0v) is 9.41. The first-order chi connectivity index (χ1) is 7.88. The predicted octanol–water partition coefficient (Wildman–Crippen LogP) is 1.96. The molecule has 1 aliphatic rings. The minimum Gasteiger partial charge on any atom is -0.510 e. The van der Waals surface area contributed by atoms with Gasteiger partial charge in [-0.15, -0.1) is 6.58 Å². The van der Waals surface area contributed by atoms with Crippen molar-refractivity contribution in [3.8, 4) is 0 Å². The largest absolute Gasteiger partial charge is 0.510 e. The Morgan fingerprint density at radius 2 is 2.29 bits per heavy atom. The molecular formula is C11H15F3N2O. The summed E-state index contributed by atoms with van der Waals surface area (Å²) in [6, 6.07) is -2.99. The van der Waals surface area contributed by atoms with Crippen LogP contribution in [0.5, 0.6) is 0 Å². The molecule has 0 amide bonds. The van der Waals surface area contributed by atoms with Gasteiger partial charge >= 0.3 is 6.18 Å². The molecule has 3 nitrogen and oxygen atoms in total. The molecule has 0 saturated carbocycles. The van der Waals surface area contributed by atoms with E-state index in [-0.39, 0.29) is 12.3 Å². The summed E-state index contributed by atoms with van der Waals surface area (Å²) in [5.41, 5.74) is 0. The Labute approximate surface area is 97.9 Å². The van der Waals surface area contributed by atoms with Gasteiger partial charge in [-0.25, -0.2) is 0 Å². The van der Waals surface area contributed by atoms with Gasteiger partial charge < -0.3 is 15.3 Å². The van der Waals surface area contributed by atoms with Gasteiger partial charge in [0.1, 0.15) is 17.8 Å². The summed E-state index contributed by atoms with van der Waals surface area (Å²) in [6.45, 7) is 3.38. The van der Waals surface area contributed by atoms with Gasteiger partial charge in [0.15, 0.2) is 0 Å². The molecule has 17 heavy (non-hydrogen) atoms. The van der Waals surface area contributed by atoms with Crippen molar-refractivity contribution in [2.24, 2.45) is 0 Å². The average Bonchev–Trinajstić information content (AvgIpc) is 2.20. The summed E-state index contributed by atoms with van der Waals surface area (Å²) in [5.74, 6) is -0.311. The van der Waals surface area contributed by atoms with Crippen LogP contribution in [0, 0.1) is 0 Å². The zero-order valence-electron chi connectivity index (χ0n) is 9.41. The van der Waals surface area contributed by atoms with Crippen LogP contribution in [-0.2, 0) is 0 Å². The minimum atomic E-state index is -4.45. The number of nitrogens with zero attached hydrogens (tertiary/aromatic N) is 1. The van der Waals surface area contributed by atoms with Crippen LogP contribution >= 0.6 is 0 Å². The van der Waals surface area contributed by atoms with E-state index in [2.05, 4.69) is 11.9 Å². The highest BCUT2D eigenvalue weighted by Gasteiger charge is 2.47. The number of aliphatic hydroxyl groups is 1. The number of likely N-dealkylation sites (N-methyl/N-ethyl adjacent to an activating group) is 1. The fraction of sp³-hybridized carbons (Fsp3) is 0.455. The van der Waals surface area contributed by atoms with E-state index in [1.54, 1.807) is 0 Å². The first-order valence-corrected chi connectivity index (χ1v) is 5.08. The van der Waals surface area contributed by atoms with Crippen LogP contribution in [0.15, 0.2) is 36.8 Å². The molecule has 2 N–H and O–H groups in total. The number of nitrogens with one attached hydrogen (secondary N) is 1. The maximum absolute atomic E-state index is 12.9. The summed E-state index contributed by atoms with van der Waals surface area (Å²) < 4.78 is 38.7. The van der Waals surface area contributed by atoms with Crippen LogP contribution in [-0.4, -0.2) is 41.9 Å². The standard InChI is InChI=1S/C11H15F3N2O/c1-3-6-15-10(11(12,13)14)9-8(17)5-4-7-16(9)2/h3-5,7,9-10,15,17H,1,6H2,2H3. The lowest BCUT2D eigenvalue weighted by Crippen LogP contribution is -2.56. The van der Waals surface area contributed by atoms with E-state index < -0.39 is 18.3 Å². The van der Waals surface area contributed by atoms with Gasteiger partial charge in [-0.05, 0) is 18.4 Å². The quantitative estimate of drug-likeness (QED) is 0.747. The second kappa shape index (κ2) is 5.27. The lowest BCUT2D eigenvalue weighted by atomic mass is 10.0. The molecule has 0 aromatic carbocycles. The summed E-state index contributed by atoms with van der Waals surface area (Å²) in [6.07, 6.45) is 1.14. The lowest BCUT2D eigenvalue weighted by Gasteiger charge is -2.36. The van der Waals surface area contributed by atoms with Crippen molar-refractivity contribution in [1.82, 2.24) is 10.2 Å². The molecule has 2 atom stereocenters. The second-order valence-corrected chi connectivity index (χ2v) is 3.76. The highest BCUT2D eigenvalue weighted by atomic mass is 19.4. The fourth-order valence-corrected chi connectivity index (χ4v) is 1.70. The van der Waals surface area contributed by atoms with E-state index in [9.17, 15) is 18.3 Å². The van der Waals surface area contributed by atoms with Crippen LogP contribution in [0.3, 0.4) is 0 Å². The molecule has 0 radical (unpaired) electrons. The Kier molecular flexibility index (Phi) is 4.22. The van der Waals surface area contributed by atoms with Gasteiger partial charge in [0.25, 0.3) is 0 Å². The first kappa shape index (κ1) is 13.6. The van der Waals surface area contributed by atoms with Crippen LogP contribution in [0.25, 0.3) is 0 Å². The molecule has 0 aromatic rings. The topological polar surface area (TPSA) is 35.5 Å². The summed E-state index contributed by atoms with van der Waals surface area (Å²) in [4.78, 5) is 1.32. The van der Waals surface area contributed by atoms with E-state index in [4.69, 9.17) is 0 Å². The zero-order chi connectivity index (χ0) is 13.1. The van der Waals surface area contributed by atoms with Crippen LogP contribution < -0.4 is 5.32 Å². The minimum absolute atomic E-state index is 0.0194. The van der Waals surface area contributed by atoms with Gasteiger partial charge in [0, 0.05) is 13.6 Å². The number of hydrogen-bond acceptors (Lipinski definition) is 3. The Bertz CT molecular complexity index is 336. The van der Waals surface area contributed by atoms with Gasteiger partial charge in [0.05, 0.1) is 0 Å². The molecule has 0 aliphatic carbocycles. The van der Waals surface area contributed by atoms with Gasteiger partial charge in [-0.1, -0.05) is 6.08 Å². The van der Waals surface area contributed by atoms with Gasteiger partial charge in [0.2, 0.25) is 0 Å². The van der Waals surface area contributed by atoms with Crippen LogP contribution in [0.2, 0.25) is 0 Å². The Balaban J connectivity index is 2.93. The van der Waals surface area contributed by atoms with Gasteiger partial charge in [-0.2, -0.15) is 13.2 Å². The van der Waals surface area contributed by atoms with E-state index in [1.807, 2.05) is 0 Å². The molecule has 96 valence electrons. The maximum atomic E-state index is 12.9. The molecule has 0 fully saturated rings. The third-order valence-electron chi connectivity index (χ3n) is 2.48. The maximum Gasteiger partial charge on any atom is 0.406 e. The van der Waals surface area contributed by atoms with Crippen LogP contribution in [0.4, 0.5) is 13.2 Å². The van der Waals surface area contributed by atoms with Gasteiger partial charge in [-0.3, -0.25) is 0 Å². The van der Waals surface area contributed by atoms with Crippen LogP contribution in [0.1, 0.15) is 0 Å². The van der Waals surface area contributed by atoms with Crippen molar-refractivity contribution < 1.29 is 18.3 Å². The summed E-state index contributed by atoms with van der Waals surface area (Å²) in [7, 11) is 1.48. The Morgan fingerprint density at radius 1 is 1.65 bits per heavy atom. The molecule has 1 rings (SSSR count). The SMILES string of the molecule is C=CCNC(C1C(O)=CC=CN1C)C(F)(F)F. The third kappa shape index (κ3) is 3.26. The molecule has 1 aliphatic heterocycles. The van der Waals surface area contributed by atoms with Crippen molar-refractivity contribution in [3.63, 3.8) is 0 Å². The monoisotopic (exact) mass is 248 g/mol. The molecule has 6 heteroatoms. The normalized spacial score (nSPS) is 22.2.